The lowest BCUT2D eigenvalue weighted by molar-refractivity contribution is -0.384. The quantitative estimate of drug-likeness (QED) is 0.112. The molecule has 3 aromatic rings. The summed E-state index contributed by atoms with van der Waals surface area (Å²) in [6.45, 7) is 6.22. The van der Waals surface area contributed by atoms with E-state index >= 15 is 0 Å². The van der Waals surface area contributed by atoms with E-state index in [1.807, 2.05) is 26.8 Å². The number of non-ortho nitro benzene ring substituents is 1. The Hall–Kier alpha value is -3.51. The molecule has 1 N–H and O–H groups in total. The van der Waals surface area contributed by atoms with Crippen LogP contribution in [0.3, 0.4) is 0 Å². The number of hydrogen-bond acceptors (Lipinski definition) is 9. The van der Waals surface area contributed by atoms with Crippen LogP contribution < -0.4 is 14.9 Å². The molecule has 188 valence electrons. The zero-order valence-electron chi connectivity index (χ0n) is 19.9. The Morgan fingerprint density at radius 2 is 1.86 bits per heavy atom. The number of nitro benzene ring substituents is 1. The third-order valence-corrected chi connectivity index (χ3v) is 6.00. The van der Waals surface area contributed by atoms with Crippen molar-refractivity contribution in [2.75, 3.05) is 12.4 Å². The fraction of sp³-hybridized carbons (Fsp3) is 0.250. The molecule has 0 bridgehead atoms. The highest BCUT2D eigenvalue weighted by Gasteiger charge is 2.13. The van der Waals surface area contributed by atoms with Crippen LogP contribution in [0, 0.1) is 24.0 Å². The summed E-state index contributed by atoms with van der Waals surface area (Å²) in [6.07, 6.45) is 1.50. The Morgan fingerprint density at radius 3 is 2.50 bits per heavy atom. The highest BCUT2D eigenvalue weighted by atomic mass is 79.9. The van der Waals surface area contributed by atoms with Gasteiger partial charge in [0.05, 0.1) is 28.0 Å². The minimum atomic E-state index is -0.449. The zero-order valence-corrected chi connectivity index (χ0v) is 22.3. The molecule has 0 aliphatic rings. The van der Waals surface area contributed by atoms with Crippen LogP contribution in [0.2, 0.25) is 0 Å². The van der Waals surface area contributed by atoms with Gasteiger partial charge < -0.3 is 9.47 Å². The average molecular weight is 574 g/mol. The first-order valence-corrected chi connectivity index (χ1v) is 12.6. The first-order chi connectivity index (χ1) is 17.2. The topological polar surface area (TPSA) is 129 Å². The van der Waals surface area contributed by atoms with Gasteiger partial charge in [-0.3, -0.25) is 14.9 Å². The molecule has 12 heteroatoms. The van der Waals surface area contributed by atoms with Gasteiger partial charge in [-0.05, 0) is 78.2 Å². The molecular weight excluding hydrogens is 550 g/mol. The second-order valence-corrected chi connectivity index (χ2v) is 9.29. The Labute approximate surface area is 220 Å². The normalized spacial score (nSPS) is 10.9. The molecule has 0 aliphatic carbocycles. The molecular formula is C24H24BrN5O5S. The van der Waals surface area contributed by atoms with Crippen molar-refractivity contribution in [1.29, 1.82) is 0 Å². The maximum absolute atomic E-state index is 12.2. The van der Waals surface area contributed by atoms with Crippen LogP contribution in [-0.2, 0) is 11.4 Å². The summed E-state index contributed by atoms with van der Waals surface area (Å²) in [5.74, 6) is 0.820. The molecule has 1 amide bonds. The highest BCUT2D eigenvalue weighted by molar-refractivity contribution is 9.10. The Balaban J connectivity index is 1.61. The van der Waals surface area contributed by atoms with Gasteiger partial charge in [0.25, 0.3) is 11.6 Å². The van der Waals surface area contributed by atoms with Gasteiger partial charge in [0.15, 0.2) is 16.7 Å². The number of aromatic nitrogens is 2. The Bertz CT molecular complexity index is 1250. The molecule has 0 unspecified atom stereocenters. The molecule has 1 aromatic heterocycles. The van der Waals surface area contributed by atoms with Gasteiger partial charge in [0, 0.05) is 23.5 Å². The van der Waals surface area contributed by atoms with E-state index in [-0.39, 0.29) is 24.0 Å². The van der Waals surface area contributed by atoms with Gasteiger partial charge in [-0.1, -0.05) is 11.8 Å². The van der Waals surface area contributed by atoms with E-state index in [0.29, 0.717) is 33.3 Å². The lowest BCUT2D eigenvalue weighted by atomic mass is 10.2. The molecule has 1 heterocycles. The van der Waals surface area contributed by atoms with Crippen molar-refractivity contribution in [3.8, 4) is 11.5 Å². The van der Waals surface area contributed by atoms with Crippen molar-refractivity contribution in [3.63, 3.8) is 0 Å². The van der Waals surface area contributed by atoms with Gasteiger partial charge in [-0.15, -0.1) is 0 Å². The number of aryl methyl sites for hydroxylation is 2. The minimum Gasteiger partial charge on any atom is -0.490 e. The highest BCUT2D eigenvalue weighted by Crippen LogP contribution is 2.37. The summed E-state index contributed by atoms with van der Waals surface area (Å²) < 4.78 is 12.3. The number of thioether (sulfide) groups is 1. The second-order valence-electron chi connectivity index (χ2n) is 7.49. The largest absolute Gasteiger partial charge is 0.490 e. The average Bonchev–Trinajstić information content (AvgIpc) is 2.82. The van der Waals surface area contributed by atoms with Crippen molar-refractivity contribution in [3.05, 3.63) is 79.6 Å². The minimum absolute atomic E-state index is 0.0165. The number of carbonyl (C=O) groups is 1. The number of rotatable bonds is 11. The van der Waals surface area contributed by atoms with E-state index in [1.165, 1.54) is 30.1 Å². The van der Waals surface area contributed by atoms with Crippen molar-refractivity contribution in [1.82, 2.24) is 15.4 Å². The van der Waals surface area contributed by atoms with Gasteiger partial charge in [0.1, 0.15) is 6.61 Å². The van der Waals surface area contributed by atoms with Gasteiger partial charge in [-0.2, -0.15) is 5.10 Å². The predicted octanol–water partition coefficient (Wildman–Crippen LogP) is 4.98. The third-order valence-electron chi connectivity index (χ3n) is 4.56. The monoisotopic (exact) mass is 573 g/mol. The second kappa shape index (κ2) is 13.0. The van der Waals surface area contributed by atoms with Crippen molar-refractivity contribution in [2.24, 2.45) is 5.10 Å². The number of nitro groups is 1. The lowest BCUT2D eigenvalue weighted by Gasteiger charge is -2.14. The fourth-order valence-electron chi connectivity index (χ4n) is 3.03. The van der Waals surface area contributed by atoms with Gasteiger partial charge in [0.2, 0.25) is 0 Å². The first-order valence-electron chi connectivity index (χ1n) is 10.8. The molecule has 0 aliphatic heterocycles. The molecule has 0 saturated heterocycles. The number of halogens is 1. The van der Waals surface area contributed by atoms with Crippen molar-refractivity contribution in [2.45, 2.75) is 32.5 Å². The molecule has 0 atom stereocenters. The maximum Gasteiger partial charge on any atom is 0.269 e. The first kappa shape index (κ1) is 27.1. The summed E-state index contributed by atoms with van der Waals surface area (Å²) in [4.78, 5) is 31.1. The summed E-state index contributed by atoms with van der Waals surface area (Å²) in [5, 5.41) is 15.4. The molecule has 0 radical (unpaired) electrons. The number of ether oxygens (including phenoxy) is 2. The molecule has 36 heavy (non-hydrogen) atoms. The van der Waals surface area contributed by atoms with Crippen LogP contribution in [0.1, 0.15) is 29.4 Å². The third kappa shape index (κ3) is 8.02. The number of carbonyl (C=O) groups excluding carboxylic acids is 1. The summed E-state index contributed by atoms with van der Waals surface area (Å²) in [6, 6.07) is 11.5. The molecule has 2 aromatic carbocycles. The summed E-state index contributed by atoms with van der Waals surface area (Å²) in [7, 11) is 0. The van der Waals surface area contributed by atoms with E-state index in [4.69, 9.17) is 9.47 Å². The van der Waals surface area contributed by atoms with Crippen LogP contribution in [0.15, 0.2) is 57.2 Å². The van der Waals surface area contributed by atoms with E-state index in [2.05, 4.69) is 36.4 Å². The molecule has 0 fully saturated rings. The molecule has 0 saturated carbocycles. The van der Waals surface area contributed by atoms with E-state index in [9.17, 15) is 14.9 Å². The standard InChI is InChI=1S/C24H24BrN5O5S/c1-4-34-21-11-18(12-26-29-22(31)14-36-24-27-15(2)9-16(3)28-24)10-20(25)23(21)35-13-17-5-7-19(8-6-17)30(32)33/h5-12H,4,13-14H2,1-3H3,(H,29,31)/b26-12-. The van der Waals surface area contributed by atoms with Crippen LogP contribution >= 0.6 is 27.7 Å². The summed E-state index contributed by atoms with van der Waals surface area (Å²) >= 11 is 4.73. The number of hydrogen-bond donors (Lipinski definition) is 1. The van der Waals surface area contributed by atoms with Crippen LogP contribution in [0.25, 0.3) is 0 Å². The lowest BCUT2D eigenvalue weighted by Crippen LogP contribution is -2.19. The number of amides is 1. The zero-order chi connectivity index (χ0) is 26.1. The van der Waals surface area contributed by atoms with Crippen molar-refractivity contribution < 1.29 is 19.2 Å². The predicted molar refractivity (Wildman–Crippen MR) is 141 cm³/mol. The SMILES string of the molecule is CCOc1cc(/C=N\NC(=O)CSc2nc(C)cc(C)n2)cc(Br)c1OCc1ccc([N+](=O)[O-])cc1. The number of hydrazone groups is 1. The molecule has 10 nitrogen and oxygen atoms in total. The van der Waals surface area contributed by atoms with Crippen LogP contribution in [-0.4, -0.2) is 39.4 Å². The number of benzene rings is 2. The fourth-order valence-corrected chi connectivity index (χ4v) is 4.35. The summed E-state index contributed by atoms with van der Waals surface area (Å²) in [5.41, 5.74) is 5.65. The van der Waals surface area contributed by atoms with E-state index in [0.717, 1.165) is 17.0 Å². The van der Waals surface area contributed by atoms with E-state index in [1.54, 1.807) is 24.3 Å². The van der Waals surface area contributed by atoms with Crippen molar-refractivity contribution >= 4 is 45.5 Å². The van der Waals surface area contributed by atoms with Crippen LogP contribution in [0.5, 0.6) is 11.5 Å². The number of nitrogens with one attached hydrogen (secondary N) is 1. The molecule has 3 rings (SSSR count). The Morgan fingerprint density at radius 1 is 1.17 bits per heavy atom. The smallest absolute Gasteiger partial charge is 0.269 e. The molecule has 0 spiro atoms. The maximum atomic E-state index is 12.2. The Kier molecular flexibility index (Phi) is 9.77. The van der Waals surface area contributed by atoms with Gasteiger partial charge in [-0.25, -0.2) is 15.4 Å². The van der Waals surface area contributed by atoms with Gasteiger partial charge >= 0.3 is 0 Å². The van der Waals surface area contributed by atoms with Crippen LogP contribution in [0.4, 0.5) is 5.69 Å². The van der Waals surface area contributed by atoms with E-state index < -0.39 is 4.92 Å². The number of nitrogens with zero attached hydrogens (tertiary/aromatic N) is 4.